The molecule has 1 heterocycles. The van der Waals surface area contributed by atoms with Gasteiger partial charge in [-0.05, 0) is 65.4 Å². The van der Waals surface area contributed by atoms with Crippen LogP contribution in [0.5, 0.6) is 5.75 Å². The maximum atomic E-state index is 14.8. The SMILES string of the molecule is COc1cc(-c2cccc(-c3cccc(NC(=O)C4CN(C)C(=O)N(C)C4=O)c3C)c2C)cc(F)c1CN. The van der Waals surface area contributed by atoms with Gasteiger partial charge in [-0.3, -0.25) is 14.5 Å². The Hall–Kier alpha value is -4.24. The van der Waals surface area contributed by atoms with Crippen molar-refractivity contribution in [1.29, 1.82) is 0 Å². The quantitative estimate of drug-likeness (QED) is 0.473. The predicted molar refractivity (Wildman–Crippen MR) is 144 cm³/mol. The van der Waals surface area contributed by atoms with Gasteiger partial charge >= 0.3 is 6.03 Å². The van der Waals surface area contributed by atoms with Crippen LogP contribution >= 0.6 is 0 Å². The topological polar surface area (TPSA) is 105 Å². The van der Waals surface area contributed by atoms with E-state index in [1.807, 2.05) is 44.2 Å². The molecule has 3 N–H and O–H groups in total. The maximum absolute atomic E-state index is 14.8. The van der Waals surface area contributed by atoms with E-state index in [4.69, 9.17) is 10.5 Å². The van der Waals surface area contributed by atoms with Gasteiger partial charge in [-0.2, -0.15) is 0 Å². The zero-order chi connectivity index (χ0) is 27.7. The van der Waals surface area contributed by atoms with Crippen molar-refractivity contribution < 1.29 is 23.5 Å². The van der Waals surface area contributed by atoms with Crippen molar-refractivity contribution >= 4 is 23.5 Å². The summed E-state index contributed by atoms with van der Waals surface area (Å²) in [4.78, 5) is 40.0. The van der Waals surface area contributed by atoms with Crippen LogP contribution in [0.1, 0.15) is 16.7 Å². The molecular formula is C29H31FN4O4. The summed E-state index contributed by atoms with van der Waals surface area (Å²) in [5.41, 5.74) is 11.6. The number of nitrogens with zero attached hydrogens (tertiary/aromatic N) is 2. The van der Waals surface area contributed by atoms with Gasteiger partial charge < -0.3 is 20.7 Å². The molecule has 4 rings (SSSR count). The first-order chi connectivity index (χ1) is 18.1. The number of amides is 4. The first-order valence-corrected chi connectivity index (χ1v) is 12.2. The van der Waals surface area contributed by atoms with Gasteiger partial charge in [-0.15, -0.1) is 0 Å². The van der Waals surface area contributed by atoms with Crippen molar-refractivity contribution in [2.24, 2.45) is 11.7 Å². The lowest BCUT2D eigenvalue weighted by atomic mass is 9.90. The molecule has 1 aliphatic rings. The highest BCUT2D eigenvalue weighted by Gasteiger charge is 2.39. The van der Waals surface area contributed by atoms with E-state index >= 15 is 0 Å². The van der Waals surface area contributed by atoms with Crippen LogP contribution in [-0.4, -0.2) is 55.4 Å². The Labute approximate surface area is 221 Å². The summed E-state index contributed by atoms with van der Waals surface area (Å²) in [6.45, 7) is 3.89. The Bertz CT molecular complexity index is 1440. The summed E-state index contributed by atoms with van der Waals surface area (Å²) < 4.78 is 20.2. The maximum Gasteiger partial charge on any atom is 0.326 e. The van der Waals surface area contributed by atoms with E-state index in [9.17, 15) is 18.8 Å². The van der Waals surface area contributed by atoms with Gasteiger partial charge in [-0.1, -0.05) is 30.3 Å². The van der Waals surface area contributed by atoms with Crippen LogP contribution in [-0.2, 0) is 16.1 Å². The molecule has 1 saturated heterocycles. The lowest BCUT2D eigenvalue weighted by molar-refractivity contribution is -0.140. The fraction of sp³-hybridized carbons (Fsp3) is 0.276. The first kappa shape index (κ1) is 26.8. The molecule has 8 nitrogen and oxygen atoms in total. The lowest BCUT2D eigenvalue weighted by Gasteiger charge is -2.33. The summed E-state index contributed by atoms with van der Waals surface area (Å²) in [6, 6.07) is 14.1. The largest absolute Gasteiger partial charge is 0.496 e. The molecule has 4 amide bonds. The van der Waals surface area contributed by atoms with Crippen molar-refractivity contribution in [3.8, 4) is 28.0 Å². The van der Waals surface area contributed by atoms with Crippen molar-refractivity contribution in [2.75, 3.05) is 33.1 Å². The highest BCUT2D eigenvalue weighted by atomic mass is 19.1. The van der Waals surface area contributed by atoms with Gasteiger partial charge in [0.05, 0.1) is 7.11 Å². The van der Waals surface area contributed by atoms with Gasteiger partial charge in [0.2, 0.25) is 11.8 Å². The number of rotatable bonds is 6. The molecule has 1 unspecified atom stereocenters. The number of anilines is 1. The second-order valence-electron chi connectivity index (χ2n) is 9.40. The normalized spacial score (nSPS) is 15.6. The van der Waals surface area contributed by atoms with E-state index in [0.29, 0.717) is 22.6 Å². The minimum absolute atomic E-state index is 0.0106. The number of urea groups is 1. The molecule has 9 heteroatoms. The Balaban J connectivity index is 1.69. The number of benzene rings is 3. The molecule has 198 valence electrons. The van der Waals surface area contributed by atoms with Crippen molar-refractivity contribution in [1.82, 2.24) is 9.80 Å². The van der Waals surface area contributed by atoms with Crippen LogP contribution in [0, 0.1) is 25.6 Å². The average molecular weight is 519 g/mol. The summed E-state index contributed by atoms with van der Waals surface area (Å²) in [7, 11) is 4.41. The van der Waals surface area contributed by atoms with E-state index < -0.39 is 29.6 Å². The van der Waals surface area contributed by atoms with Gasteiger partial charge in [0.15, 0.2) is 0 Å². The molecule has 0 saturated carbocycles. The molecule has 38 heavy (non-hydrogen) atoms. The third-order valence-electron chi connectivity index (χ3n) is 7.12. The van der Waals surface area contributed by atoms with E-state index in [2.05, 4.69) is 5.32 Å². The van der Waals surface area contributed by atoms with Crippen LogP contribution in [0.4, 0.5) is 14.9 Å². The molecule has 0 aromatic heterocycles. The van der Waals surface area contributed by atoms with E-state index in [1.54, 1.807) is 19.2 Å². The van der Waals surface area contributed by atoms with Crippen molar-refractivity contribution in [3.05, 3.63) is 71.0 Å². The number of imide groups is 1. The molecule has 0 radical (unpaired) electrons. The van der Waals surface area contributed by atoms with Crippen LogP contribution in [0.2, 0.25) is 0 Å². The molecule has 3 aromatic rings. The number of nitrogens with one attached hydrogen (secondary N) is 1. The number of hydrogen-bond donors (Lipinski definition) is 2. The third kappa shape index (κ3) is 4.72. The molecule has 1 aliphatic heterocycles. The fourth-order valence-electron chi connectivity index (χ4n) is 4.88. The van der Waals surface area contributed by atoms with E-state index in [1.165, 1.54) is 25.1 Å². The van der Waals surface area contributed by atoms with Gasteiger partial charge in [0.25, 0.3) is 0 Å². The molecule has 1 fully saturated rings. The monoisotopic (exact) mass is 518 g/mol. The van der Waals surface area contributed by atoms with Crippen LogP contribution in [0.3, 0.4) is 0 Å². The molecule has 0 bridgehead atoms. The Morgan fingerprint density at radius 1 is 1.05 bits per heavy atom. The number of ether oxygens (including phenoxy) is 1. The zero-order valence-electron chi connectivity index (χ0n) is 22.1. The van der Waals surface area contributed by atoms with Crippen LogP contribution in [0.25, 0.3) is 22.3 Å². The highest BCUT2D eigenvalue weighted by Crippen LogP contribution is 2.37. The fourth-order valence-corrected chi connectivity index (χ4v) is 4.88. The van der Waals surface area contributed by atoms with E-state index in [-0.39, 0.29) is 13.1 Å². The Morgan fingerprint density at radius 2 is 1.68 bits per heavy atom. The lowest BCUT2D eigenvalue weighted by Crippen LogP contribution is -2.56. The van der Waals surface area contributed by atoms with Gasteiger partial charge in [-0.25, -0.2) is 9.18 Å². The summed E-state index contributed by atoms with van der Waals surface area (Å²) in [5.74, 6) is -2.05. The minimum atomic E-state index is -1.00. The van der Waals surface area contributed by atoms with E-state index in [0.717, 1.165) is 32.7 Å². The second kappa shape index (κ2) is 10.6. The Kier molecular flexibility index (Phi) is 7.50. The number of methoxy groups -OCH3 is 1. The standard InChI is InChI=1S/C29H31FN4O4/c1-16-19(18-12-24(30)22(14-31)26(13-18)38-5)8-6-9-20(16)21-10-7-11-25(17(21)2)32-27(35)23-15-33(3)29(37)34(4)28(23)36/h6-13,23H,14-15,31H2,1-5H3,(H,32,35). The number of hydrogen-bond acceptors (Lipinski definition) is 5. The second-order valence-corrected chi connectivity index (χ2v) is 9.40. The van der Waals surface area contributed by atoms with Crippen LogP contribution in [0.15, 0.2) is 48.5 Å². The predicted octanol–water partition coefficient (Wildman–Crippen LogP) is 4.32. The number of carbonyl (C=O) groups is 3. The van der Waals surface area contributed by atoms with Crippen LogP contribution < -0.4 is 15.8 Å². The molecule has 0 spiro atoms. The zero-order valence-corrected chi connectivity index (χ0v) is 22.1. The number of nitrogens with two attached hydrogens (primary N) is 1. The van der Waals surface area contributed by atoms with Crippen molar-refractivity contribution in [2.45, 2.75) is 20.4 Å². The summed E-state index contributed by atoms with van der Waals surface area (Å²) >= 11 is 0. The van der Waals surface area contributed by atoms with Gasteiger partial charge in [0, 0.05) is 38.4 Å². The molecule has 1 atom stereocenters. The third-order valence-corrected chi connectivity index (χ3v) is 7.12. The molecule has 3 aromatic carbocycles. The summed E-state index contributed by atoms with van der Waals surface area (Å²) in [5, 5.41) is 2.88. The van der Waals surface area contributed by atoms with Crippen molar-refractivity contribution in [3.63, 3.8) is 0 Å². The van der Waals surface area contributed by atoms with Gasteiger partial charge in [0.1, 0.15) is 17.5 Å². The minimum Gasteiger partial charge on any atom is -0.496 e. The number of halogens is 1. The number of carbonyl (C=O) groups excluding carboxylic acids is 3. The molecule has 0 aliphatic carbocycles. The highest BCUT2D eigenvalue weighted by molar-refractivity contribution is 6.12. The summed E-state index contributed by atoms with van der Waals surface area (Å²) in [6.07, 6.45) is 0. The molecular weight excluding hydrogens is 487 g/mol. The average Bonchev–Trinajstić information content (AvgIpc) is 2.90. The smallest absolute Gasteiger partial charge is 0.326 e. The Morgan fingerprint density at radius 3 is 2.34 bits per heavy atom. The first-order valence-electron chi connectivity index (χ1n) is 12.2.